The minimum absolute atomic E-state index is 0.124. The van der Waals surface area contributed by atoms with Crippen molar-refractivity contribution in [1.29, 1.82) is 0 Å². The highest BCUT2D eigenvalue weighted by Gasteiger charge is 2.24. The lowest BCUT2D eigenvalue weighted by molar-refractivity contribution is 0.0923. The maximum atomic E-state index is 13.1. The maximum Gasteiger partial charge on any atom is 0.257 e. The van der Waals surface area contributed by atoms with Gasteiger partial charge in [-0.3, -0.25) is 4.79 Å². The Bertz CT molecular complexity index is 1330. The molecule has 2 N–H and O–H groups in total. The summed E-state index contributed by atoms with van der Waals surface area (Å²) >= 11 is 0. The van der Waals surface area contributed by atoms with Crippen LogP contribution in [-0.2, 0) is 0 Å². The topological polar surface area (TPSA) is 76.1 Å². The Labute approximate surface area is 205 Å². The van der Waals surface area contributed by atoms with Crippen LogP contribution in [0.4, 0.5) is 5.82 Å². The highest BCUT2D eigenvalue weighted by molar-refractivity contribution is 5.96. The summed E-state index contributed by atoms with van der Waals surface area (Å²) in [6.45, 7) is 4.14. The van der Waals surface area contributed by atoms with Gasteiger partial charge in [0, 0.05) is 23.7 Å². The predicted octanol–water partition coefficient (Wildman–Crippen LogP) is 6.19. The lowest BCUT2D eigenvalue weighted by atomic mass is 9.91. The maximum absolute atomic E-state index is 13.1. The van der Waals surface area contributed by atoms with E-state index in [4.69, 9.17) is 9.72 Å². The van der Waals surface area contributed by atoms with Gasteiger partial charge in [0.25, 0.3) is 5.91 Å². The number of nitrogens with one attached hydrogen (secondary N) is 2. The fraction of sp³-hybridized carbons (Fsp3) is 0.276. The number of benzene rings is 2. The molecular formula is C29H30N4O2. The normalized spacial score (nSPS) is 17.7. The van der Waals surface area contributed by atoms with Crippen LogP contribution in [0.1, 0.15) is 47.2 Å². The van der Waals surface area contributed by atoms with E-state index in [9.17, 15) is 4.79 Å². The molecule has 0 spiro atoms. The predicted molar refractivity (Wildman–Crippen MR) is 139 cm³/mol. The number of aromatic nitrogens is 2. The van der Waals surface area contributed by atoms with Gasteiger partial charge in [0.05, 0.1) is 5.52 Å². The molecule has 1 aliphatic carbocycles. The Balaban J connectivity index is 1.18. The number of amides is 1. The summed E-state index contributed by atoms with van der Waals surface area (Å²) in [5.41, 5.74) is 3.83. The zero-order chi connectivity index (χ0) is 24.2. The molecule has 1 fully saturated rings. The number of fused-ring (bicyclic) bond motifs is 1. The van der Waals surface area contributed by atoms with Crippen LogP contribution in [0.25, 0.3) is 10.9 Å². The number of carbonyl (C=O) groups excluding carboxylic acids is 1. The SMILES string of the molecule is Cc1ccc(Oc2ncccc2C(=O)N[C@H]2CC[C@@H](Nc3cc(C)c4ccccc4n3)CC2)cc1. The molecule has 178 valence electrons. The number of para-hydroxylation sites is 1. The molecule has 2 heterocycles. The van der Waals surface area contributed by atoms with E-state index in [1.807, 2.05) is 43.3 Å². The van der Waals surface area contributed by atoms with Gasteiger partial charge >= 0.3 is 0 Å². The molecule has 6 heteroatoms. The molecule has 0 bridgehead atoms. The number of rotatable bonds is 6. The minimum atomic E-state index is -0.150. The van der Waals surface area contributed by atoms with Crippen molar-refractivity contribution in [2.75, 3.05) is 5.32 Å². The van der Waals surface area contributed by atoms with Gasteiger partial charge in [-0.25, -0.2) is 9.97 Å². The first-order valence-electron chi connectivity index (χ1n) is 12.2. The van der Waals surface area contributed by atoms with Gasteiger partial charge in [-0.2, -0.15) is 0 Å². The van der Waals surface area contributed by atoms with Crippen LogP contribution in [0.5, 0.6) is 11.6 Å². The number of pyridine rings is 2. The molecule has 0 saturated heterocycles. The van der Waals surface area contributed by atoms with Crippen LogP contribution >= 0.6 is 0 Å². The smallest absolute Gasteiger partial charge is 0.257 e. The summed E-state index contributed by atoms with van der Waals surface area (Å²) in [4.78, 5) is 22.1. The van der Waals surface area contributed by atoms with Crippen molar-refractivity contribution in [1.82, 2.24) is 15.3 Å². The molecule has 0 unspecified atom stereocenters. The van der Waals surface area contributed by atoms with Crippen LogP contribution < -0.4 is 15.4 Å². The number of aryl methyl sites for hydroxylation is 2. The zero-order valence-corrected chi connectivity index (χ0v) is 20.1. The van der Waals surface area contributed by atoms with Gasteiger partial charge in [0.2, 0.25) is 5.88 Å². The van der Waals surface area contributed by atoms with Gasteiger partial charge in [-0.15, -0.1) is 0 Å². The monoisotopic (exact) mass is 466 g/mol. The number of nitrogens with zero attached hydrogens (tertiary/aromatic N) is 2. The summed E-state index contributed by atoms with van der Waals surface area (Å²) in [7, 11) is 0. The van der Waals surface area contributed by atoms with Crippen molar-refractivity contribution in [2.45, 2.75) is 51.6 Å². The molecule has 6 nitrogen and oxygen atoms in total. The number of ether oxygens (including phenoxy) is 1. The molecule has 4 aromatic rings. The van der Waals surface area contributed by atoms with E-state index in [0.717, 1.165) is 42.6 Å². The van der Waals surface area contributed by atoms with E-state index < -0.39 is 0 Å². The first kappa shape index (κ1) is 22.8. The van der Waals surface area contributed by atoms with E-state index >= 15 is 0 Å². The molecule has 35 heavy (non-hydrogen) atoms. The Morgan fingerprint density at radius 1 is 0.914 bits per heavy atom. The van der Waals surface area contributed by atoms with E-state index in [2.05, 4.69) is 40.7 Å². The van der Waals surface area contributed by atoms with Gasteiger partial charge in [0.1, 0.15) is 17.1 Å². The second-order valence-electron chi connectivity index (χ2n) is 9.28. The summed E-state index contributed by atoms with van der Waals surface area (Å²) in [6.07, 6.45) is 5.39. The summed E-state index contributed by atoms with van der Waals surface area (Å²) in [6, 6.07) is 22.0. The third-order valence-electron chi connectivity index (χ3n) is 6.59. The number of anilines is 1. The largest absolute Gasteiger partial charge is 0.438 e. The number of carbonyl (C=O) groups is 1. The first-order chi connectivity index (χ1) is 17.0. The second-order valence-corrected chi connectivity index (χ2v) is 9.28. The Kier molecular flexibility index (Phi) is 6.62. The standard InChI is InChI=1S/C29H30N4O2/c1-19-9-15-23(16-10-19)35-29-25(7-5-17-30-29)28(34)32-22-13-11-21(12-14-22)31-27-18-20(2)24-6-3-4-8-26(24)33-27/h3-10,15-18,21-22H,11-14H2,1-2H3,(H,31,33)(H,32,34)/t21-,22+. The average molecular weight is 467 g/mol. The van der Waals surface area contributed by atoms with Crippen LogP contribution in [0.15, 0.2) is 72.9 Å². The zero-order valence-electron chi connectivity index (χ0n) is 20.1. The lowest BCUT2D eigenvalue weighted by Gasteiger charge is -2.30. The molecule has 1 aliphatic rings. The molecular weight excluding hydrogens is 436 g/mol. The third-order valence-corrected chi connectivity index (χ3v) is 6.59. The second kappa shape index (κ2) is 10.1. The van der Waals surface area contributed by atoms with Crippen molar-refractivity contribution in [3.63, 3.8) is 0 Å². The summed E-state index contributed by atoms with van der Waals surface area (Å²) in [5.74, 6) is 1.75. The summed E-state index contributed by atoms with van der Waals surface area (Å²) < 4.78 is 5.91. The number of hydrogen-bond acceptors (Lipinski definition) is 5. The Morgan fingerprint density at radius 2 is 1.66 bits per heavy atom. The molecule has 0 atom stereocenters. The van der Waals surface area contributed by atoms with Crippen LogP contribution in [0.3, 0.4) is 0 Å². The fourth-order valence-electron chi connectivity index (χ4n) is 4.64. The molecule has 0 radical (unpaired) electrons. The highest BCUT2D eigenvalue weighted by Crippen LogP contribution is 2.27. The average Bonchev–Trinajstić information content (AvgIpc) is 2.87. The summed E-state index contributed by atoms with van der Waals surface area (Å²) in [5, 5.41) is 7.98. The Hall–Kier alpha value is -3.93. The fourth-order valence-corrected chi connectivity index (χ4v) is 4.64. The van der Waals surface area contributed by atoms with Crippen LogP contribution in [0.2, 0.25) is 0 Å². The van der Waals surface area contributed by atoms with Crippen molar-refractivity contribution in [2.24, 2.45) is 0 Å². The van der Waals surface area contributed by atoms with Crippen LogP contribution in [0, 0.1) is 13.8 Å². The minimum Gasteiger partial charge on any atom is -0.438 e. The van der Waals surface area contributed by atoms with Gasteiger partial charge < -0.3 is 15.4 Å². The first-order valence-corrected chi connectivity index (χ1v) is 12.2. The van der Waals surface area contributed by atoms with Crippen LogP contribution in [-0.4, -0.2) is 28.0 Å². The number of hydrogen-bond donors (Lipinski definition) is 2. The molecule has 2 aromatic carbocycles. The Morgan fingerprint density at radius 3 is 2.46 bits per heavy atom. The molecule has 0 aliphatic heterocycles. The highest BCUT2D eigenvalue weighted by atomic mass is 16.5. The molecule has 2 aromatic heterocycles. The van der Waals surface area contributed by atoms with E-state index in [1.165, 1.54) is 10.9 Å². The van der Waals surface area contributed by atoms with Crippen molar-refractivity contribution >= 4 is 22.6 Å². The van der Waals surface area contributed by atoms with Crippen molar-refractivity contribution < 1.29 is 9.53 Å². The van der Waals surface area contributed by atoms with Gasteiger partial charge in [0.15, 0.2) is 0 Å². The van der Waals surface area contributed by atoms with Crippen molar-refractivity contribution in [3.05, 3.63) is 89.6 Å². The van der Waals surface area contributed by atoms with E-state index in [0.29, 0.717) is 23.2 Å². The lowest BCUT2D eigenvalue weighted by Crippen LogP contribution is -2.40. The quantitative estimate of drug-likeness (QED) is 0.354. The van der Waals surface area contributed by atoms with Crippen molar-refractivity contribution in [3.8, 4) is 11.6 Å². The molecule has 1 saturated carbocycles. The van der Waals surface area contributed by atoms with Gasteiger partial charge in [-0.05, 0) is 81.5 Å². The van der Waals surface area contributed by atoms with Gasteiger partial charge in [-0.1, -0.05) is 35.9 Å². The third kappa shape index (κ3) is 5.43. The van der Waals surface area contributed by atoms with E-state index in [-0.39, 0.29) is 11.9 Å². The molecule has 1 amide bonds. The van der Waals surface area contributed by atoms with E-state index in [1.54, 1.807) is 18.3 Å². The molecule has 5 rings (SSSR count).